The van der Waals surface area contributed by atoms with Gasteiger partial charge in [-0.3, -0.25) is 10.1 Å². The standard InChI is InChI=1S/C27H24N2O3S/c1-3-32-24-15-9-19(17-25(24)31-2)10-16-26(30)29-27-28-23(18-33-27)22-13-11-21(12-14-22)20-7-5-4-6-8-20/h4-18H,3H2,1-2H3,(H,28,29,30). The monoisotopic (exact) mass is 456 g/mol. The van der Waals surface area contributed by atoms with Gasteiger partial charge in [-0.05, 0) is 41.8 Å². The molecule has 1 N–H and O–H groups in total. The smallest absolute Gasteiger partial charge is 0.250 e. The van der Waals surface area contributed by atoms with Crippen LogP contribution < -0.4 is 14.8 Å². The van der Waals surface area contributed by atoms with Gasteiger partial charge >= 0.3 is 0 Å². The lowest BCUT2D eigenvalue weighted by Gasteiger charge is -2.09. The summed E-state index contributed by atoms with van der Waals surface area (Å²) in [7, 11) is 1.59. The summed E-state index contributed by atoms with van der Waals surface area (Å²) in [5.41, 5.74) is 4.99. The topological polar surface area (TPSA) is 60.5 Å². The first-order valence-electron chi connectivity index (χ1n) is 10.6. The van der Waals surface area contributed by atoms with E-state index in [-0.39, 0.29) is 5.91 Å². The molecule has 0 fully saturated rings. The highest BCUT2D eigenvalue weighted by molar-refractivity contribution is 7.14. The molecule has 4 aromatic rings. The molecule has 1 aromatic heterocycles. The summed E-state index contributed by atoms with van der Waals surface area (Å²) in [4.78, 5) is 16.9. The Balaban J connectivity index is 1.40. The number of thiazole rings is 1. The molecule has 0 spiro atoms. The number of methoxy groups -OCH3 is 1. The van der Waals surface area contributed by atoms with Gasteiger partial charge in [-0.2, -0.15) is 0 Å². The second-order valence-electron chi connectivity index (χ2n) is 7.15. The summed E-state index contributed by atoms with van der Waals surface area (Å²) in [5.74, 6) is 1.05. The van der Waals surface area contributed by atoms with Gasteiger partial charge in [0.1, 0.15) is 0 Å². The Kier molecular flexibility index (Phi) is 7.17. The summed E-state index contributed by atoms with van der Waals surface area (Å²) >= 11 is 1.39. The van der Waals surface area contributed by atoms with E-state index in [1.807, 2.05) is 60.8 Å². The van der Waals surface area contributed by atoms with Crippen LogP contribution in [-0.4, -0.2) is 24.6 Å². The number of carbonyl (C=O) groups is 1. The second-order valence-corrected chi connectivity index (χ2v) is 8.01. The SMILES string of the molecule is CCOc1ccc(C=CC(=O)Nc2nc(-c3ccc(-c4ccccc4)cc3)cs2)cc1OC. The van der Waals surface area contributed by atoms with Crippen LogP contribution in [0.15, 0.2) is 84.3 Å². The van der Waals surface area contributed by atoms with E-state index in [4.69, 9.17) is 9.47 Å². The van der Waals surface area contributed by atoms with Gasteiger partial charge < -0.3 is 9.47 Å². The number of ether oxygens (including phenoxy) is 2. The quantitative estimate of drug-likeness (QED) is 0.306. The van der Waals surface area contributed by atoms with E-state index in [1.54, 1.807) is 13.2 Å². The van der Waals surface area contributed by atoms with Crippen molar-refractivity contribution >= 4 is 28.5 Å². The van der Waals surface area contributed by atoms with E-state index in [1.165, 1.54) is 23.0 Å². The lowest BCUT2D eigenvalue weighted by molar-refractivity contribution is -0.111. The van der Waals surface area contributed by atoms with Crippen molar-refractivity contribution in [2.24, 2.45) is 0 Å². The number of anilines is 1. The molecule has 0 aliphatic rings. The van der Waals surface area contributed by atoms with Crippen molar-refractivity contribution in [2.45, 2.75) is 6.92 Å². The molecule has 5 nitrogen and oxygen atoms in total. The molecule has 0 atom stereocenters. The van der Waals surface area contributed by atoms with E-state index >= 15 is 0 Å². The van der Waals surface area contributed by atoms with Crippen LogP contribution in [0.1, 0.15) is 12.5 Å². The third-order valence-electron chi connectivity index (χ3n) is 4.94. The van der Waals surface area contributed by atoms with Gasteiger partial charge in [0.15, 0.2) is 16.6 Å². The van der Waals surface area contributed by atoms with Crippen LogP contribution in [0.3, 0.4) is 0 Å². The van der Waals surface area contributed by atoms with Gasteiger partial charge in [0.25, 0.3) is 0 Å². The van der Waals surface area contributed by atoms with Crippen LogP contribution in [0, 0.1) is 0 Å². The molecule has 0 saturated carbocycles. The zero-order chi connectivity index (χ0) is 23.0. The van der Waals surface area contributed by atoms with Crippen LogP contribution in [-0.2, 0) is 4.79 Å². The van der Waals surface area contributed by atoms with Gasteiger partial charge in [-0.1, -0.05) is 60.7 Å². The largest absolute Gasteiger partial charge is 0.493 e. The van der Waals surface area contributed by atoms with Crippen LogP contribution >= 0.6 is 11.3 Å². The molecule has 1 amide bonds. The van der Waals surface area contributed by atoms with E-state index in [0.717, 1.165) is 22.4 Å². The van der Waals surface area contributed by atoms with Crippen LogP contribution in [0.2, 0.25) is 0 Å². The number of benzene rings is 3. The highest BCUT2D eigenvalue weighted by Gasteiger charge is 2.08. The minimum atomic E-state index is -0.247. The Morgan fingerprint density at radius 1 is 0.970 bits per heavy atom. The summed E-state index contributed by atoms with van der Waals surface area (Å²) in [6.45, 7) is 2.47. The lowest BCUT2D eigenvalue weighted by Crippen LogP contribution is -2.07. The minimum absolute atomic E-state index is 0.247. The molecule has 1 heterocycles. The molecular weight excluding hydrogens is 432 g/mol. The predicted molar refractivity (Wildman–Crippen MR) is 135 cm³/mol. The molecule has 0 bridgehead atoms. The fourth-order valence-corrected chi connectivity index (χ4v) is 4.03. The van der Waals surface area contributed by atoms with Crippen LogP contribution in [0.5, 0.6) is 11.5 Å². The number of nitrogens with zero attached hydrogens (tertiary/aromatic N) is 1. The number of rotatable bonds is 8. The Morgan fingerprint density at radius 2 is 1.70 bits per heavy atom. The maximum atomic E-state index is 12.4. The molecule has 4 rings (SSSR count). The van der Waals surface area contributed by atoms with Crippen molar-refractivity contribution in [3.05, 3.63) is 89.8 Å². The minimum Gasteiger partial charge on any atom is -0.493 e. The molecule has 6 heteroatoms. The number of amides is 1. The first kappa shape index (κ1) is 22.3. The number of aromatic nitrogens is 1. The van der Waals surface area contributed by atoms with Crippen molar-refractivity contribution in [3.63, 3.8) is 0 Å². The Labute approximate surface area is 197 Å². The maximum Gasteiger partial charge on any atom is 0.250 e. The van der Waals surface area contributed by atoms with Gasteiger partial charge in [0, 0.05) is 17.0 Å². The molecule has 166 valence electrons. The van der Waals surface area contributed by atoms with E-state index in [0.29, 0.717) is 23.2 Å². The zero-order valence-corrected chi connectivity index (χ0v) is 19.3. The molecule has 33 heavy (non-hydrogen) atoms. The lowest BCUT2D eigenvalue weighted by atomic mass is 10.0. The third-order valence-corrected chi connectivity index (χ3v) is 5.69. The summed E-state index contributed by atoms with van der Waals surface area (Å²) in [6.07, 6.45) is 3.20. The molecule has 0 saturated heterocycles. The third kappa shape index (κ3) is 5.67. The molecule has 0 aliphatic heterocycles. The van der Waals surface area contributed by atoms with Crippen molar-refractivity contribution < 1.29 is 14.3 Å². The number of nitrogens with one attached hydrogen (secondary N) is 1. The highest BCUT2D eigenvalue weighted by Crippen LogP contribution is 2.29. The normalized spacial score (nSPS) is 10.8. The summed E-state index contributed by atoms with van der Waals surface area (Å²) < 4.78 is 10.9. The van der Waals surface area contributed by atoms with E-state index in [9.17, 15) is 4.79 Å². The first-order valence-corrected chi connectivity index (χ1v) is 11.5. The molecule has 0 radical (unpaired) electrons. The predicted octanol–water partition coefficient (Wildman–Crippen LogP) is 6.54. The van der Waals surface area contributed by atoms with Crippen molar-refractivity contribution in [3.8, 4) is 33.9 Å². The summed E-state index contributed by atoms with van der Waals surface area (Å²) in [5, 5.41) is 5.32. The molecular formula is C27H24N2O3S. The molecule has 3 aromatic carbocycles. The van der Waals surface area contributed by atoms with Crippen molar-refractivity contribution in [2.75, 3.05) is 19.0 Å². The number of hydrogen-bond donors (Lipinski definition) is 1. The highest BCUT2D eigenvalue weighted by atomic mass is 32.1. The fourth-order valence-electron chi connectivity index (χ4n) is 3.31. The zero-order valence-electron chi connectivity index (χ0n) is 18.4. The van der Waals surface area contributed by atoms with Crippen molar-refractivity contribution in [1.82, 2.24) is 4.98 Å². The molecule has 0 unspecified atom stereocenters. The maximum absolute atomic E-state index is 12.4. The van der Waals surface area contributed by atoms with Gasteiger partial charge in [0.2, 0.25) is 5.91 Å². The average molecular weight is 457 g/mol. The number of carbonyl (C=O) groups excluding carboxylic acids is 1. The van der Waals surface area contributed by atoms with Crippen molar-refractivity contribution in [1.29, 1.82) is 0 Å². The summed E-state index contributed by atoms with van der Waals surface area (Å²) in [6, 6.07) is 24.0. The average Bonchev–Trinajstić information content (AvgIpc) is 3.32. The van der Waals surface area contributed by atoms with Crippen LogP contribution in [0.25, 0.3) is 28.5 Å². The number of hydrogen-bond acceptors (Lipinski definition) is 5. The Morgan fingerprint density at radius 3 is 2.42 bits per heavy atom. The fraction of sp³-hybridized carbons (Fsp3) is 0.111. The van der Waals surface area contributed by atoms with Gasteiger partial charge in [-0.15, -0.1) is 11.3 Å². The molecule has 0 aliphatic carbocycles. The van der Waals surface area contributed by atoms with Crippen LogP contribution in [0.4, 0.5) is 5.13 Å². The van der Waals surface area contributed by atoms with E-state index in [2.05, 4.69) is 34.6 Å². The second kappa shape index (κ2) is 10.6. The van der Waals surface area contributed by atoms with Gasteiger partial charge in [0.05, 0.1) is 19.4 Å². The Hall–Kier alpha value is -3.90. The van der Waals surface area contributed by atoms with Gasteiger partial charge in [-0.25, -0.2) is 4.98 Å². The van der Waals surface area contributed by atoms with E-state index < -0.39 is 0 Å². The Bertz CT molecular complexity index is 1250. The first-order chi connectivity index (χ1) is 16.2.